The van der Waals surface area contributed by atoms with Gasteiger partial charge in [-0.05, 0) is 13.0 Å². The number of hydrogen-bond acceptors (Lipinski definition) is 1. The Morgan fingerprint density at radius 3 is 2.22 bits per heavy atom. The summed E-state index contributed by atoms with van der Waals surface area (Å²) in [6, 6.07) is 2.45. The summed E-state index contributed by atoms with van der Waals surface area (Å²) in [6.45, 7) is 1.36. The molecule has 0 N–H and O–H groups in total. The number of rotatable bonds is 3. The largest absolute Gasteiger partial charge is 0.416 e. The van der Waals surface area contributed by atoms with Crippen LogP contribution in [0.25, 0.3) is 0 Å². The second kappa shape index (κ2) is 5.34. The molecule has 0 spiro atoms. The molecule has 100 valence electrons. The summed E-state index contributed by atoms with van der Waals surface area (Å²) >= 11 is 2.86. The predicted molar refractivity (Wildman–Crippen MR) is 59.1 cm³/mol. The number of ketones is 1. The van der Waals surface area contributed by atoms with Crippen LogP contribution in [0.5, 0.6) is 0 Å². The van der Waals surface area contributed by atoms with Crippen LogP contribution < -0.4 is 0 Å². The number of carbonyl (C=O) groups excluding carboxylic acids is 1. The van der Waals surface area contributed by atoms with E-state index in [4.69, 9.17) is 0 Å². The average molecular weight is 331 g/mol. The fraction of sp³-hybridized carbons (Fsp3) is 0.364. The van der Waals surface area contributed by atoms with Crippen LogP contribution >= 0.6 is 15.9 Å². The molecule has 0 aromatic heterocycles. The Morgan fingerprint density at radius 1 is 1.28 bits per heavy atom. The van der Waals surface area contributed by atoms with E-state index >= 15 is 0 Å². The van der Waals surface area contributed by atoms with Crippen LogP contribution in [0.4, 0.5) is 22.0 Å². The van der Waals surface area contributed by atoms with Gasteiger partial charge in [0.25, 0.3) is 6.43 Å². The second-order valence-electron chi connectivity index (χ2n) is 3.55. The van der Waals surface area contributed by atoms with E-state index in [1.807, 2.05) is 0 Å². The molecule has 0 saturated heterocycles. The fourth-order valence-corrected chi connectivity index (χ4v) is 1.72. The van der Waals surface area contributed by atoms with Gasteiger partial charge in [0.2, 0.25) is 0 Å². The Hall–Kier alpha value is -0.980. The first-order chi connectivity index (χ1) is 8.16. The first kappa shape index (κ1) is 15.1. The highest BCUT2D eigenvalue weighted by molar-refractivity contribution is 9.10. The van der Waals surface area contributed by atoms with E-state index in [2.05, 4.69) is 15.9 Å². The lowest BCUT2D eigenvalue weighted by molar-refractivity contribution is -0.139. The van der Waals surface area contributed by atoms with Gasteiger partial charge >= 0.3 is 6.18 Å². The van der Waals surface area contributed by atoms with Gasteiger partial charge in [0.1, 0.15) is 0 Å². The smallest absolute Gasteiger partial charge is 0.293 e. The number of Topliss-reactive ketones (excluding diaryl/α,β-unsaturated/α-hetero) is 1. The Balaban J connectivity index is 3.50. The molecule has 1 rings (SSSR count). The molecule has 1 aromatic rings. The molecule has 18 heavy (non-hydrogen) atoms. The highest BCUT2D eigenvalue weighted by atomic mass is 79.9. The van der Waals surface area contributed by atoms with E-state index < -0.39 is 39.9 Å². The third-order valence-electron chi connectivity index (χ3n) is 2.26. The molecule has 7 heteroatoms. The molecule has 0 fully saturated rings. The van der Waals surface area contributed by atoms with Crippen LogP contribution in [0.15, 0.2) is 18.2 Å². The van der Waals surface area contributed by atoms with Gasteiger partial charge in [-0.2, -0.15) is 13.2 Å². The highest BCUT2D eigenvalue weighted by Gasteiger charge is 2.38. The van der Waals surface area contributed by atoms with Gasteiger partial charge in [0, 0.05) is 11.1 Å². The molecule has 1 unspecified atom stereocenters. The van der Waals surface area contributed by atoms with Crippen molar-refractivity contribution in [2.45, 2.75) is 24.4 Å². The van der Waals surface area contributed by atoms with Crippen molar-refractivity contribution in [1.82, 2.24) is 0 Å². The summed E-state index contributed by atoms with van der Waals surface area (Å²) in [5.41, 5.74) is -3.35. The third-order valence-corrected chi connectivity index (χ3v) is 2.67. The zero-order valence-corrected chi connectivity index (χ0v) is 10.6. The summed E-state index contributed by atoms with van der Waals surface area (Å²) in [5.74, 6) is -0.809. The van der Waals surface area contributed by atoms with Gasteiger partial charge in [-0.1, -0.05) is 28.1 Å². The van der Waals surface area contributed by atoms with Crippen molar-refractivity contribution in [3.63, 3.8) is 0 Å². The minimum absolute atomic E-state index is 0.539. The van der Waals surface area contributed by atoms with Gasteiger partial charge in [0.05, 0.1) is 10.4 Å². The minimum atomic E-state index is -4.92. The maximum absolute atomic E-state index is 12.8. The summed E-state index contributed by atoms with van der Waals surface area (Å²) in [4.78, 5) is 10.8. The molecule has 1 aromatic carbocycles. The van der Waals surface area contributed by atoms with E-state index in [1.165, 1.54) is 6.92 Å². The molecule has 1 nitrogen and oxygen atoms in total. The Kier molecular flexibility index (Phi) is 4.47. The lowest BCUT2D eigenvalue weighted by Crippen LogP contribution is -2.17. The van der Waals surface area contributed by atoms with Crippen LogP contribution in [-0.2, 0) is 6.18 Å². The van der Waals surface area contributed by atoms with Crippen molar-refractivity contribution in [1.29, 1.82) is 0 Å². The first-order valence-electron chi connectivity index (χ1n) is 4.82. The van der Waals surface area contributed by atoms with E-state index in [-0.39, 0.29) is 0 Å². The first-order valence-corrected chi connectivity index (χ1v) is 5.74. The Bertz CT molecular complexity index is 453. The number of benzene rings is 1. The van der Waals surface area contributed by atoms with E-state index in [0.717, 1.165) is 12.1 Å². The second-order valence-corrected chi connectivity index (χ2v) is 4.92. The van der Waals surface area contributed by atoms with E-state index in [0.29, 0.717) is 6.07 Å². The van der Waals surface area contributed by atoms with Crippen molar-refractivity contribution in [2.75, 3.05) is 0 Å². The van der Waals surface area contributed by atoms with Crippen molar-refractivity contribution < 1.29 is 26.7 Å². The molecule has 0 aliphatic rings. The molecule has 0 aliphatic carbocycles. The summed E-state index contributed by atoms with van der Waals surface area (Å²) in [6.07, 6.45) is -8.29. The fourth-order valence-electron chi connectivity index (χ4n) is 1.48. The maximum Gasteiger partial charge on any atom is 0.416 e. The topological polar surface area (TPSA) is 17.1 Å². The van der Waals surface area contributed by atoms with Crippen LogP contribution in [0.3, 0.4) is 0 Å². The van der Waals surface area contributed by atoms with Gasteiger partial charge in [-0.15, -0.1) is 0 Å². The number of carbonyl (C=O) groups is 1. The SMILES string of the molecule is CC(Br)C(=O)c1cccc(C(F)(F)F)c1C(F)F. The van der Waals surface area contributed by atoms with Crippen molar-refractivity contribution in [3.05, 3.63) is 34.9 Å². The molecule has 0 aliphatic heterocycles. The number of hydrogen-bond donors (Lipinski definition) is 0. The molecule has 0 heterocycles. The normalized spacial score (nSPS) is 13.8. The number of alkyl halides is 6. The monoisotopic (exact) mass is 330 g/mol. The number of halogens is 6. The third kappa shape index (κ3) is 3.07. The van der Waals surface area contributed by atoms with Gasteiger partial charge < -0.3 is 0 Å². The predicted octanol–water partition coefficient (Wildman–Crippen LogP) is 4.61. The zero-order chi connectivity index (χ0) is 14.1. The van der Waals surface area contributed by atoms with Crippen LogP contribution in [0.1, 0.15) is 34.8 Å². The summed E-state index contributed by atoms with van der Waals surface area (Å²) < 4.78 is 63.3. The Morgan fingerprint density at radius 2 is 1.83 bits per heavy atom. The zero-order valence-electron chi connectivity index (χ0n) is 9.06. The molecule has 0 bridgehead atoms. The standard InChI is InChI=1S/C11H8BrF5O/c1-5(12)9(18)6-3-2-4-7(11(15,16)17)8(6)10(13)14/h2-5,10H,1H3. The summed E-state index contributed by atoms with van der Waals surface area (Å²) in [7, 11) is 0. The van der Waals surface area contributed by atoms with Crippen LogP contribution in [0.2, 0.25) is 0 Å². The van der Waals surface area contributed by atoms with Crippen molar-refractivity contribution in [3.8, 4) is 0 Å². The van der Waals surface area contributed by atoms with E-state index in [1.54, 1.807) is 0 Å². The lowest BCUT2D eigenvalue weighted by atomic mass is 9.97. The maximum atomic E-state index is 12.8. The van der Waals surface area contributed by atoms with Crippen LogP contribution in [-0.4, -0.2) is 10.6 Å². The average Bonchev–Trinajstić information content (AvgIpc) is 2.25. The Labute approximate surface area is 108 Å². The van der Waals surface area contributed by atoms with Gasteiger partial charge in [-0.25, -0.2) is 8.78 Å². The quantitative estimate of drug-likeness (QED) is 0.449. The molecule has 1 atom stereocenters. The molecule has 0 amide bonds. The molecular weight excluding hydrogens is 323 g/mol. The molecule has 0 saturated carbocycles. The van der Waals surface area contributed by atoms with Crippen molar-refractivity contribution >= 4 is 21.7 Å². The summed E-state index contributed by atoms with van der Waals surface area (Å²) in [5, 5.41) is 0. The highest BCUT2D eigenvalue weighted by Crippen LogP contribution is 2.38. The minimum Gasteiger partial charge on any atom is -0.293 e. The lowest BCUT2D eigenvalue weighted by Gasteiger charge is -2.16. The van der Waals surface area contributed by atoms with E-state index in [9.17, 15) is 26.7 Å². The van der Waals surface area contributed by atoms with Gasteiger partial charge in [-0.3, -0.25) is 4.79 Å². The van der Waals surface area contributed by atoms with Crippen molar-refractivity contribution in [2.24, 2.45) is 0 Å². The molecule has 0 radical (unpaired) electrons. The van der Waals surface area contributed by atoms with Gasteiger partial charge in [0.15, 0.2) is 5.78 Å². The van der Waals surface area contributed by atoms with Crippen LogP contribution in [0, 0.1) is 0 Å². The molecular formula is C11H8BrF5O.